The van der Waals surface area contributed by atoms with E-state index in [2.05, 4.69) is 15.3 Å². The van der Waals surface area contributed by atoms with Crippen molar-refractivity contribution in [2.24, 2.45) is 0 Å². The molecule has 0 spiro atoms. The van der Waals surface area contributed by atoms with Gasteiger partial charge in [-0.2, -0.15) is 4.73 Å². The van der Waals surface area contributed by atoms with Crippen molar-refractivity contribution in [3.63, 3.8) is 0 Å². The van der Waals surface area contributed by atoms with Crippen LogP contribution in [0.2, 0.25) is 5.02 Å². The highest BCUT2D eigenvalue weighted by Crippen LogP contribution is 2.27. The SMILES string of the molecule is C[C@H](C(=O)Nc1cnc(Oc2ccc(F)cc2F)cn1)N1CCN(C(=O)c2cc[n+]([O-])cc2Cl)C(C)(C)C1. The van der Waals surface area contributed by atoms with Gasteiger partial charge in [-0.05, 0) is 32.9 Å². The summed E-state index contributed by atoms with van der Waals surface area (Å²) in [4.78, 5) is 37.8. The van der Waals surface area contributed by atoms with E-state index in [1.165, 1.54) is 24.7 Å². The fourth-order valence-corrected chi connectivity index (χ4v) is 4.41. The molecule has 1 fully saturated rings. The normalized spacial score (nSPS) is 16.1. The van der Waals surface area contributed by atoms with Crippen LogP contribution < -0.4 is 14.8 Å². The Bertz CT molecular complexity index is 1360. The van der Waals surface area contributed by atoms with E-state index < -0.39 is 23.2 Å². The highest BCUT2D eigenvalue weighted by molar-refractivity contribution is 6.33. The Morgan fingerprint density at radius 1 is 1.21 bits per heavy atom. The van der Waals surface area contributed by atoms with Crippen molar-refractivity contribution < 1.29 is 27.8 Å². The number of nitrogens with one attached hydrogen (secondary N) is 1. The minimum absolute atomic E-state index is 0.0346. The maximum absolute atomic E-state index is 13.8. The summed E-state index contributed by atoms with van der Waals surface area (Å²) in [5, 5.41) is 14.2. The number of benzene rings is 1. The Hall–Kier alpha value is -3.90. The highest BCUT2D eigenvalue weighted by atomic mass is 35.5. The van der Waals surface area contributed by atoms with Crippen LogP contribution in [0.15, 0.2) is 49.1 Å². The lowest BCUT2D eigenvalue weighted by atomic mass is 9.96. The lowest BCUT2D eigenvalue weighted by Crippen LogP contribution is -2.63. The van der Waals surface area contributed by atoms with Crippen LogP contribution in [0, 0.1) is 16.8 Å². The Morgan fingerprint density at radius 2 is 1.97 bits per heavy atom. The lowest BCUT2D eigenvalue weighted by molar-refractivity contribution is -0.605. The number of aromatic nitrogens is 3. The Balaban J connectivity index is 1.36. The van der Waals surface area contributed by atoms with Crippen molar-refractivity contribution in [1.82, 2.24) is 19.8 Å². The second kappa shape index (κ2) is 10.8. The molecule has 1 N–H and O–H groups in total. The zero-order chi connectivity index (χ0) is 27.6. The first kappa shape index (κ1) is 27.1. The minimum atomic E-state index is -0.884. The summed E-state index contributed by atoms with van der Waals surface area (Å²) in [6.45, 7) is 6.70. The van der Waals surface area contributed by atoms with E-state index in [9.17, 15) is 23.6 Å². The smallest absolute Gasteiger partial charge is 0.256 e. The Morgan fingerprint density at radius 3 is 2.61 bits per heavy atom. The van der Waals surface area contributed by atoms with E-state index in [0.717, 1.165) is 18.3 Å². The van der Waals surface area contributed by atoms with Crippen molar-refractivity contribution in [3.05, 3.63) is 76.5 Å². The monoisotopic (exact) mass is 546 g/mol. The molecule has 3 heterocycles. The molecule has 1 atom stereocenters. The second-order valence-electron chi connectivity index (χ2n) is 9.39. The zero-order valence-corrected chi connectivity index (χ0v) is 21.6. The number of carbonyl (C=O) groups excluding carboxylic acids is 2. The molecule has 0 unspecified atom stereocenters. The topological polar surface area (TPSA) is 115 Å². The molecule has 10 nitrogen and oxygen atoms in total. The average Bonchev–Trinajstić information content (AvgIpc) is 2.85. The van der Waals surface area contributed by atoms with Crippen LogP contribution in [0.4, 0.5) is 14.6 Å². The van der Waals surface area contributed by atoms with Gasteiger partial charge >= 0.3 is 0 Å². The van der Waals surface area contributed by atoms with E-state index in [-0.39, 0.29) is 39.8 Å². The summed E-state index contributed by atoms with van der Waals surface area (Å²) in [5.74, 6) is -2.33. The molecule has 1 aliphatic heterocycles. The molecule has 2 amide bonds. The molecule has 0 bridgehead atoms. The van der Waals surface area contributed by atoms with Crippen LogP contribution >= 0.6 is 11.6 Å². The van der Waals surface area contributed by atoms with Crippen molar-refractivity contribution in [2.45, 2.75) is 32.4 Å². The highest BCUT2D eigenvalue weighted by Gasteiger charge is 2.40. The maximum Gasteiger partial charge on any atom is 0.256 e. The molecular formula is C25H25ClF2N6O4. The van der Waals surface area contributed by atoms with E-state index in [1.54, 1.807) is 11.8 Å². The third-order valence-electron chi connectivity index (χ3n) is 6.21. The first-order valence-corrected chi connectivity index (χ1v) is 12.0. The largest absolute Gasteiger partial charge is 0.619 e. The van der Waals surface area contributed by atoms with Gasteiger partial charge in [0.15, 0.2) is 29.8 Å². The van der Waals surface area contributed by atoms with Crippen LogP contribution in [-0.4, -0.2) is 62.8 Å². The van der Waals surface area contributed by atoms with Crippen LogP contribution in [-0.2, 0) is 4.79 Å². The first-order chi connectivity index (χ1) is 17.9. The summed E-state index contributed by atoms with van der Waals surface area (Å²) >= 11 is 6.12. The number of rotatable bonds is 6. The number of hydrogen-bond acceptors (Lipinski definition) is 7. The maximum atomic E-state index is 13.8. The van der Waals surface area contributed by atoms with Crippen LogP contribution in [0.25, 0.3) is 0 Å². The molecule has 4 rings (SSSR count). The first-order valence-electron chi connectivity index (χ1n) is 11.6. The van der Waals surface area contributed by atoms with E-state index in [1.807, 2.05) is 18.7 Å². The molecule has 0 aliphatic carbocycles. The van der Waals surface area contributed by atoms with E-state index >= 15 is 0 Å². The van der Waals surface area contributed by atoms with Gasteiger partial charge in [-0.25, -0.2) is 18.7 Å². The third-order valence-corrected chi connectivity index (χ3v) is 6.51. The quantitative estimate of drug-likeness (QED) is 0.372. The van der Waals surface area contributed by atoms with Gasteiger partial charge in [0.2, 0.25) is 11.8 Å². The Labute approximate surface area is 222 Å². The fraction of sp³-hybridized carbons (Fsp3) is 0.320. The van der Waals surface area contributed by atoms with Gasteiger partial charge in [-0.3, -0.25) is 14.5 Å². The molecule has 1 aromatic carbocycles. The second-order valence-corrected chi connectivity index (χ2v) is 9.80. The molecular weight excluding hydrogens is 522 g/mol. The van der Waals surface area contributed by atoms with Crippen molar-refractivity contribution in [2.75, 3.05) is 25.0 Å². The molecule has 0 saturated carbocycles. The third kappa shape index (κ3) is 5.97. The number of pyridine rings is 1. The summed E-state index contributed by atoms with van der Waals surface area (Å²) in [6, 6.07) is 3.71. The van der Waals surface area contributed by atoms with Crippen LogP contribution in [0.5, 0.6) is 11.6 Å². The molecule has 3 aromatic rings. The molecule has 13 heteroatoms. The van der Waals surface area contributed by atoms with Gasteiger partial charge < -0.3 is 20.2 Å². The van der Waals surface area contributed by atoms with E-state index in [0.29, 0.717) is 30.4 Å². The number of amides is 2. The average molecular weight is 547 g/mol. The Kier molecular flexibility index (Phi) is 7.74. The standard InChI is InChI=1S/C25H25ClF2N6O4/c1-15(23(35)31-21-11-30-22(12-29-21)38-20-5-4-16(27)10-19(20)28)32-8-9-34(25(2,3)14-32)24(36)17-6-7-33(37)13-18(17)26/h4-7,10-13,15H,8-9,14H2,1-3H3,(H,29,31,35)/t15-/m1/s1. The summed E-state index contributed by atoms with van der Waals surface area (Å²) < 4.78 is 32.6. The van der Waals surface area contributed by atoms with Crippen LogP contribution in [0.3, 0.4) is 0 Å². The van der Waals surface area contributed by atoms with Gasteiger partial charge in [0.05, 0.1) is 29.5 Å². The summed E-state index contributed by atoms with van der Waals surface area (Å²) in [7, 11) is 0. The number of hydrogen-bond donors (Lipinski definition) is 1. The summed E-state index contributed by atoms with van der Waals surface area (Å²) in [5.41, 5.74) is -0.399. The predicted molar refractivity (Wildman–Crippen MR) is 134 cm³/mol. The number of nitrogens with zero attached hydrogens (tertiary/aromatic N) is 5. The van der Waals surface area contributed by atoms with Gasteiger partial charge in [0.25, 0.3) is 5.91 Å². The van der Waals surface area contributed by atoms with Crippen molar-refractivity contribution in [1.29, 1.82) is 0 Å². The molecule has 2 aromatic heterocycles. The van der Waals surface area contributed by atoms with Crippen molar-refractivity contribution >= 4 is 29.2 Å². The van der Waals surface area contributed by atoms with Gasteiger partial charge in [-0.15, -0.1) is 0 Å². The summed E-state index contributed by atoms with van der Waals surface area (Å²) in [6.07, 6.45) is 4.82. The number of ether oxygens (including phenoxy) is 1. The number of halogens is 3. The predicted octanol–water partition coefficient (Wildman–Crippen LogP) is 3.40. The number of piperazine rings is 1. The number of anilines is 1. The lowest BCUT2D eigenvalue weighted by Gasteiger charge is -2.48. The molecule has 0 radical (unpaired) electrons. The molecule has 1 aliphatic rings. The number of carbonyl (C=O) groups is 2. The van der Waals surface area contributed by atoms with E-state index in [4.69, 9.17) is 16.3 Å². The fourth-order valence-electron chi connectivity index (χ4n) is 4.17. The minimum Gasteiger partial charge on any atom is -0.619 e. The van der Waals surface area contributed by atoms with Gasteiger partial charge in [0, 0.05) is 31.8 Å². The van der Waals surface area contributed by atoms with Gasteiger partial charge in [-0.1, -0.05) is 11.6 Å². The molecule has 38 heavy (non-hydrogen) atoms. The van der Waals surface area contributed by atoms with Crippen LogP contribution in [0.1, 0.15) is 31.1 Å². The van der Waals surface area contributed by atoms with Crippen molar-refractivity contribution in [3.8, 4) is 11.6 Å². The molecule has 200 valence electrons. The van der Waals surface area contributed by atoms with Gasteiger partial charge in [0.1, 0.15) is 10.8 Å². The zero-order valence-electron chi connectivity index (χ0n) is 20.8. The molecule has 1 saturated heterocycles.